The minimum atomic E-state index is -0.484. The van der Waals surface area contributed by atoms with Crippen molar-refractivity contribution in [3.8, 4) is 0 Å². The van der Waals surface area contributed by atoms with E-state index in [4.69, 9.17) is 9.97 Å². The minimum absolute atomic E-state index is 0.120. The summed E-state index contributed by atoms with van der Waals surface area (Å²) in [6, 6.07) is 8.59. The molecule has 0 spiro atoms. The summed E-state index contributed by atoms with van der Waals surface area (Å²) in [5.41, 5.74) is 5.20. The Bertz CT molecular complexity index is 1100. The van der Waals surface area contributed by atoms with Gasteiger partial charge >= 0.3 is 6.03 Å². The highest BCUT2D eigenvalue weighted by molar-refractivity contribution is 5.75. The molecule has 0 atom stereocenters. The van der Waals surface area contributed by atoms with Gasteiger partial charge in [-0.2, -0.15) is 4.98 Å². The molecular formula is C29H42N6O. The summed E-state index contributed by atoms with van der Waals surface area (Å²) in [5.74, 6) is 1.79. The van der Waals surface area contributed by atoms with Crippen LogP contribution in [0.3, 0.4) is 0 Å². The molecule has 3 N–H and O–H groups in total. The molecule has 4 rings (SSSR count). The quantitative estimate of drug-likeness (QED) is 0.483. The molecule has 7 heteroatoms. The van der Waals surface area contributed by atoms with E-state index in [-0.39, 0.29) is 12.1 Å². The summed E-state index contributed by atoms with van der Waals surface area (Å²) in [4.78, 5) is 24.7. The first-order chi connectivity index (χ1) is 17.1. The number of allylic oxidation sites excluding steroid dienone is 1. The van der Waals surface area contributed by atoms with E-state index in [0.29, 0.717) is 6.04 Å². The molecule has 1 aromatic carbocycles. The normalized spacial score (nSPS) is 19.7. The van der Waals surface area contributed by atoms with Crippen LogP contribution in [-0.2, 0) is 18.4 Å². The fourth-order valence-electron chi connectivity index (χ4n) is 5.32. The lowest BCUT2D eigenvalue weighted by molar-refractivity contribution is 0.221. The van der Waals surface area contributed by atoms with Crippen molar-refractivity contribution < 1.29 is 4.79 Å². The first-order valence-electron chi connectivity index (χ1n) is 13.3. The molecule has 2 amide bonds. The highest BCUT2D eigenvalue weighted by Crippen LogP contribution is 2.29. The van der Waals surface area contributed by atoms with E-state index in [1.807, 2.05) is 39.0 Å². The van der Waals surface area contributed by atoms with Gasteiger partial charge in [0.05, 0.1) is 11.2 Å². The molecule has 1 aromatic heterocycles. The third-order valence-electron chi connectivity index (χ3n) is 7.48. The largest absolute Gasteiger partial charge is 0.362 e. The van der Waals surface area contributed by atoms with E-state index in [1.165, 1.54) is 24.1 Å². The van der Waals surface area contributed by atoms with Gasteiger partial charge in [-0.3, -0.25) is 0 Å². The number of nitrogens with zero attached hydrogens (tertiary/aromatic N) is 3. The van der Waals surface area contributed by atoms with Crippen LogP contribution in [0.1, 0.15) is 81.7 Å². The maximum Gasteiger partial charge on any atom is 0.315 e. The number of hydrogen-bond donors (Lipinski definition) is 3. The summed E-state index contributed by atoms with van der Waals surface area (Å²) in [6.07, 6.45) is 8.34. The zero-order valence-electron chi connectivity index (χ0n) is 22.6. The lowest BCUT2D eigenvalue weighted by Gasteiger charge is -2.32. The number of hydrogen-bond acceptors (Lipinski definition) is 5. The zero-order chi connectivity index (χ0) is 25.9. The van der Waals surface area contributed by atoms with E-state index in [0.717, 1.165) is 67.0 Å². The summed E-state index contributed by atoms with van der Waals surface area (Å²) in [6.45, 7) is 10.1. The van der Waals surface area contributed by atoms with Crippen LogP contribution in [-0.4, -0.2) is 42.2 Å². The molecule has 0 bridgehead atoms. The van der Waals surface area contributed by atoms with E-state index in [2.05, 4.69) is 47.6 Å². The van der Waals surface area contributed by atoms with Crippen LogP contribution >= 0.6 is 0 Å². The average molecular weight is 491 g/mol. The first-order valence-corrected chi connectivity index (χ1v) is 13.3. The number of urea groups is 1. The molecule has 0 unspecified atom stereocenters. The van der Waals surface area contributed by atoms with Gasteiger partial charge in [-0.25, -0.2) is 9.78 Å². The number of amides is 2. The number of carbonyl (C=O) groups excluding carboxylic acids is 1. The summed E-state index contributed by atoms with van der Waals surface area (Å²) in [7, 11) is 4.11. The van der Waals surface area contributed by atoms with Crippen molar-refractivity contribution in [1.82, 2.24) is 20.6 Å². The molecule has 0 aliphatic heterocycles. The number of aryl methyl sites for hydroxylation is 1. The third-order valence-corrected chi connectivity index (χ3v) is 7.48. The molecule has 36 heavy (non-hydrogen) atoms. The predicted molar refractivity (Wildman–Crippen MR) is 149 cm³/mol. The van der Waals surface area contributed by atoms with E-state index in [9.17, 15) is 4.79 Å². The van der Waals surface area contributed by atoms with Crippen molar-refractivity contribution in [3.63, 3.8) is 0 Å². The van der Waals surface area contributed by atoms with Gasteiger partial charge in [0.25, 0.3) is 0 Å². The second-order valence-electron chi connectivity index (χ2n) is 11.2. The van der Waals surface area contributed by atoms with Crippen LogP contribution in [0.15, 0.2) is 30.8 Å². The molecule has 1 fully saturated rings. The Kier molecular flexibility index (Phi) is 7.86. The number of rotatable bonds is 7. The van der Waals surface area contributed by atoms with E-state index >= 15 is 0 Å². The van der Waals surface area contributed by atoms with Crippen LogP contribution in [0.4, 0.5) is 16.6 Å². The summed E-state index contributed by atoms with van der Waals surface area (Å²) in [5, 5.41) is 9.95. The van der Waals surface area contributed by atoms with Crippen LogP contribution in [0.2, 0.25) is 0 Å². The van der Waals surface area contributed by atoms with Gasteiger partial charge < -0.3 is 20.9 Å². The average Bonchev–Trinajstić information content (AvgIpc) is 2.84. The molecule has 7 nitrogen and oxygen atoms in total. The van der Waals surface area contributed by atoms with Crippen LogP contribution in [0, 0.1) is 0 Å². The molecule has 1 saturated carbocycles. The Morgan fingerprint density at radius 1 is 1.06 bits per heavy atom. The number of fused-ring (bicyclic) bond motifs is 1. The highest BCUT2D eigenvalue weighted by atomic mass is 16.2. The Morgan fingerprint density at radius 2 is 1.75 bits per heavy atom. The maximum absolute atomic E-state index is 12.8. The third kappa shape index (κ3) is 6.18. The minimum Gasteiger partial charge on any atom is -0.362 e. The first kappa shape index (κ1) is 26.0. The van der Waals surface area contributed by atoms with Gasteiger partial charge in [0.2, 0.25) is 5.95 Å². The summed E-state index contributed by atoms with van der Waals surface area (Å²) < 4.78 is 0. The standard InChI is InChI=1S/C29H42N6O/c1-19(2)20-10-9-11-21(18-20)29(3,4)34-28(36)31-23-16-14-22(15-17-23)30-27-32-25-13-8-7-12-24(25)26(33-27)35(5)6/h9-11,18,22-23H,1,7-8,12-17H2,2-6H3,(H,30,32,33)(H2,31,34,36). The molecule has 194 valence electrons. The second-order valence-corrected chi connectivity index (χ2v) is 11.2. The smallest absolute Gasteiger partial charge is 0.315 e. The van der Waals surface area contributed by atoms with Crippen molar-refractivity contribution in [2.45, 2.75) is 89.8 Å². The number of benzene rings is 1. The van der Waals surface area contributed by atoms with Crippen molar-refractivity contribution in [2.75, 3.05) is 24.3 Å². The highest BCUT2D eigenvalue weighted by Gasteiger charge is 2.27. The monoisotopic (exact) mass is 490 g/mol. The van der Waals surface area contributed by atoms with Crippen molar-refractivity contribution in [3.05, 3.63) is 53.2 Å². The Morgan fingerprint density at radius 3 is 2.44 bits per heavy atom. The lowest BCUT2D eigenvalue weighted by atomic mass is 9.90. The SMILES string of the molecule is C=C(C)c1cccc(C(C)(C)NC(=O)NC2CCC(Nc3nc4c(c(N(C)C)n3)CCCC4)CC2)c1. The number of aromatic nitrogens is 2. The zero-order valence-corrected chi connectivity index (χ0v) is 22.6. The van der Waals surface area contributed by atoms with E-state index < -0.39 is 5.54 Å². The van der Waals surface area contributed by atoms with Crippen LogP contribution in [0.25, 0.3) is 5.57 Å². The Labute approximate surface area is 216 Å². The molecule has 2 aliphatic carbocycles. The fraction of sp³-hybridized carbons (Fsp3) is 0.552. The molecule has 0 radical (unpaired) electrons. The van der Waals surface area contributed by atoms with Gasteiger partial charge in [0.1, 0.15) is 5.82 Å². The van der Waals surface area contributed by atoms with Crippen LogP contribution in [0.5, 0.6) is 0 Å². The maximum atomic E-state index is 12.8. The number of nitrogens with one attached hydrogen (secondary N) is 3. The van der Waals surface area contributed by atoms with Gasteiger partial charge in [0, 0.05) is 31.7 Å². The molecule has 2 aliphatic rings. The molecule has 2 aromatic rings. The molecule has 1 heterocycles. The summed E-state index contributed by atoms with van der Waals surface area (Å²) >= 11 is 0. The Balaban J connectivity index is 1.30. The van der Waals surface area contributed by atoms with Crippen molar-refractivity contribution >= 4 is 23.4 Å². The number of anilines is 2. The van der Waals surface area contributed by atoms with Gasteiger partial charge in [-0.15, -0.1) is 0 Å². The Hall–Kier alpha value is -3.09. The van der Waals surface area contributed by atoms with E-state index in [1.54, 1.807) is 0 Å². The van der Waals surface area contributed by atoms with Gasteiger partial charge in [0.15, 0.2) is 0 Å². The topological polar surface area (TPSA) is 82.2 Å². The number of carbonyl (C=O) groups is 1. The predicted octanol–water partition coefficient (Wildman–Crippen LogP) is 5.41. The van der Waals surface area contributed by atoms with Gasteiger partial charge in [-0.05, 0) is 89.3 Å². The van der Waals surface area contributed by atoms with Crippen LogP contribution < -0.4 is 20.9 Å². The van der Waals surface area contributed by atoms with Crippen molar-refractivity contribution in [1.29, 1.82) is 0 Å². The molecular weight excluding hydrogens is 448 g/mol. The van der Waals surface area contributed by atoms with Gasteiger partial charge in [-0.1, -0.05) is 30.4 Å². The fourth-order valence-corrected chi connectivity index (χ4v) is 5.32. The van der Waals surface area contributed by atoms with Crippen molar-refractivity contribution in [2.24, 2.45) is 0 Å². The molecule has 0 saturated heterocycles. The second kappa shape index (κ2) is 10.9. The lowest BCUT2D eigenvalue weighted by Crippen LogP contribution is -2.50.